The van der Waals surface area contributed by atoms with Gasteiger partial charge in [-0.2, -0.15) is 5.10 Å². The summed E-state index contributed by atoms with van der Waals surface area (Å²) < 4.78 is 15.6. The van der Waals surface area contributed by atoms with Gasteiger partial charge < -0.3 is 5.32 Å². The SMILES string of the molecule is CCCNC(c1ccc(F)c(Br)c1)c1ccn(C)n1. The summed E-state index contributed by atoms with van der Waals surface area (Å²) in [6.45, 7) is 3.00. The molecule has 0 aliphatic rings. The molecule has 0 radical (unpaired) electrons. The quantitative estimate of drug-likeness (QED) is 0.912. The third-order valence-electron chi connectivity index (χ3n) is 2.91. The van der Waals surface area contributed by atoms with Crippen molar-refractivity contribution in [1.29, 1.82) is 0 Å². The Balaban J connectivity index is 2.33. The van der Waals surface area contributed by atoms with Gasteiger partial charge >= 0.3 is 0 Å². The lowest BCUT2D eigenvalue weighted by atomic mass is 10.0. The van der Waals surface area contributed by atoms with Gasteiger partial charge in [0.15, 0.2) is 0 Å². The van der Waals surface area contributed by atoms with E-state index in [0.717, 1.165) is 24.2 Å². The molecule has 2 rings (SSSR count). The highest BCUT2D eigenvalue weighted by molar-refractivity contribution is 9.10. The van der Waals surface area contributed by atoms with Crippen molar-refractivity contribution < 1.29 is 4.39 Å². The summed E-state index contributed by atoms with van der Waals surface area (Å²) in [5.74, 6) is -0.251. The summed E-state index contributed by atoms with van der Waals surface area (Å²) in [7, 11) is 1.89. The van der Waals surface area contributed by atoms with Crippen LogP contribution in [-0.2, 0) is 7.05 Å². The van der Waals surface area contributed by atoms with Gasteiger partial charge in [-0.25, -0.2) is 4.39 Å². The van der Waals surface area contributed by atoms with E-state index in [1.165, 1.54) is 6.07 Å². The van der Waals surface area contributed by atoms with E-state index in [9.17, 15) is 4.39 Å². The first-order valence-corrected chi connectivity index (χ1v) is 7.09. The Hall–Kier alpha value is -1.20. The number of aryl methyl sites for hydroxylation is 1. The predicted molar refractivity (Wildman–Crippen MR) is 77.4 cm³/mol. The highest BCUT2D eigenvalue weighted by Gasteiger charge is 2.17. The Morgan fingerprint density at radius 1 is 1.42 bits per heavy atom. The number of rotatable bonds is 5. The van der Waals surface area contributed by atoms with Crippen molar-refractivity contribution in [3.63, 3.8) is 0 Å². The summed E-state index contributed by atoms with van der Waals surface area (Å²) in [6.07, 6.45) is 2.94. The van der Waals surface area contributed by atoms with E-state index in [1.807, 2.05) is 19.3 Å². The third kappa shape index (κ3) is 3.42. The minimum absolute atomic E-state index is 0.0157. The van der Waals surface area contributed by atoms with Gasteiger partial charge in [0, 0.05) is 13.2 Å². The first-order chi connectivity index (χ1) is 9.11. The number of aromatic nitrogens is 2. The van der Waals surface area contributed by atoms with E-state index < -0.39 is 0 Å². The summed E-state index contributed by atoms with van der Waals surface area (Å²) in [4.78, 5) is 0. The van der Waals surface area contributed by atoms with Crippen LogP contribution >= 0.6 is 15.9 Å². The number of nitrogens with one attached hydrogen (secondary N) is 1. The molecule has 0 aliphatic heterocycles. The van der Waals surface area contributed by atoms with Crippen LogP contribution in [0.3, 0.4) is 0 Å². The van der Waals surface area contributed by atoms with Crippen LogP contribution in [0.2, 0.25) is 0 Å². The Labute approximate surface area is 121 Å². The van der Waals surface area contributed by atoms with Gasteiger partial charge in [-0.3, -0.25) is 4.68 Å². The topological polar surface area (TPSA) is 29.9 Å². The zero-order valence-corrected chi connectivity index (χ0v) is 12.6. The molecule has 0 amide bonds. The maximum Gasteiger partial charge on any atom is 0.137 e. The number of hydrogen-bond acceptors (Lipinski definition) is 2. The second kappa shape index (κ2) is 6.30. The summed E-state index contributed by atoms with van der Waals surface area (Å²) >= 11 is 3.23. The number of halogens is 2. The van der Waals surface area contributed by atoms with Crippen LogP contribution in [0.5, 0.6) is 0 Å². The fraction of sp³-hybridized carbons (Fsp3) is 0.357. The molecular weight excluding hydrogens is 309 g/mol. The molecule has 1 N–H and O–H groups in total. The van der Waals surface area contributed by atoms with E-state index in [4.69, 9.17) is 0 Å². The third-order valence-corrected chi connectivity index (χ3v) is 3.51. The molecule has 5 heteroatoms. The Bertz CT molecular complexity index is 553. The van der Waals surface area contributed by atoms with E-state index >= 15 is 0 Å². The second-order valence-electron chi connectivity index (χ2n) is 4.47. The zero-order chi connectivity index (χ0) is 13.8. The number of nitrogens with zero attached hydrogens (tertiary/aromatic N) is 2. The van der Waals surface area contributed by atoms with E-state index in [-0.39, 0.29) is 11.9 Å². The normalized spacial score (nSPS) is 12.6. The lowest BCUT2D eigenvalue weighted by Crippen LogP contribution is -2.23. The summed E-state index contributed by atoms with van der Waals surface area (Å²) in [6, 6.07) is 7.03. The molecule has 102 valence electrons. The largest absolute Gasteiger partial charge is 0.305 e. The molecule has 1 aromatic heterocycles. The van der Waals surface area contributed by atoms with Crippen LogP contribution in [0.4, 0.5) is 4.39 Å². The fourth-order valence-electron chi connectivity index (χ4n) is 1.96. The molecule has 0 aliphatic carbocycles. The Kier molecular flexibility index (Phi) is 4.71. The number of benzene rings is 1. The van der Waals surface area contributed by atoms with Crippen molar-refractivity contribution in [3.05, 3.63) is 52.0 Å². The molecule has 1 atom stereocenters. The van der Waals surface area contributed by atoms with Crippen LogP contribution < -0.4 is 5.32 Å². The first-order valence-electron chi connectivity index (χ1n) is 6.29. The van der Waals surface area contributed by atoms with Crippen LogP contribution in [0.25, 0.3) is 0 Å². The van der Waals surface area contributed by atoms with Crippen molar-refractivity contribution in [2.75, 3.05) is 6.54 Å². The molecule has 0 saturated heterocycles. The van der Waals surface area contributed by atoms with Gasteiger partial charge in [-0.1, -0.05) is 13.0 Å². The maximum atomic E-state index is 13.3. The average molecular weight is 326 g/mol. The van der Waals surface area contributed by atoms with Gasteiger partial charge in [0.25, 0.3) is 0 Å². The number of hydrogen-bond donors (Lipinski definition) is 1. The molecule has 1 unspecified atom stereocenters. The van der Waals surface area contributed by atoms with Crippen molar-refractivity contribution in [1.82, 2.24) is 15.1 Å². The lowest BCUT2D eigenvalue weighted by Gasteiger charge is -2.17. The van der Waals surface area contributed by atoms with Gasteiger partial charge in [0.05, 0.1) is 16.2 Å². The van der Waals surface area contributed by atoms with E-state index in [1.54, 1.807) is 16.8 Å². The van der Waals surface area contributed by atoms with Crippen LogP contribution in [-0.4, -0.2) is 16.3 Å². The minimum atomic E-state index is -0.251. The maximum absolute atomic E-state index is 13.3. The van der Waals surface area contributed by atoms with Crippen LogP contribution in [0, 0.1) is 5.82 Å². The van der Waals surface area contributed by atoms with Gasteiger partial charge in [-0.05, 0) is 52.7 Å². The predicted octanol–water partition coefficient (Wildman–Crippen LogP) is 3.41. The van der Waals surface area contributed by atoms with Crippen molar-refractivity contribution in [2.24, 2.45) is 7.05 Å². The highest BCUT2D eigenvalue weighted by atomic mass is 79.9. The molecular formula is C14H17BrFN3. The van der Waals surface area contributed by atoms with E-state index in [2.05, 4.69) is 33.3 Å². The van der Waals surface area contributed by atoms with Crippen molar-refractivity contribution in [3.8, 4) is 0 Å². The van der Waals surface area contributed by atoms with E-state index in [0.29, 0.717) is 4.47 Å². The monoisotopic (exact) mass is 325 g/mol. The van der Waals surface area contributed by atoms with Gasteiger partial charge in [0.1, 0.15) is 5.82 Å². The molecule has 0 fully saturated rings. The molecule has 2 aromatic rings. The zero-order valence-electron chi connectivity index (χ0n) is 11.0. The van der Waals surface area contributed by atoms with Gasteiger partial charge in [-0.15, -0.1) is 0 Å². The molecule has 0 bridgehead atoms. The van der Waals surface area contributed by atoms with Gasteiger partial charge in [0.2, 0.25) is 0 Å². The molecule has 19 heavy (non-hydrogen) atoms. The summed E-state index contributed by atoms with van der Waals surface area (Å²) in [5, 5.41) is 7.88. The average Bonchev–Trinajstić information content (AvgIpc) is 2.80. The molecule has 1 aromatic carbocycles. The first kappa shape index (κ1) is 14.2. The standard InChI is InChI=1S/C14H17BrFN3/c1-3-7-17-14(13-6-8-19(2)18-13)10-4-5-12(16)11(15)9-10/h4-6,8-9,14,17H,3,7H2,1-2H3. The molecule has 0 saturated carbocycles. The van der Waals surface area contributed by atoms with Crippen molar-refractivity contribution >= 4 is 15.9 Å². The molecule has 0 spiro atoms. The fourth-order valence-corrected chi connectivity index (χ4v) is 2.36. The van der Waals surface area contributed by atoms with Crippen molar-refractivity contribution in [2.45, 2.75) is 19.4 Å². The summed E-state index contributed by atoms with van der Waals surface area (Å²) in [5.41, 5.74) is 1.94. The Morgan fingerprint density at radius 2 is 2.21 bits per heavy atom. The smallest absolute Gasteiger partial charge is 0.137 e. The Morgan fingerprint density at radius 3 is 2.79 bits per heavy atom. The lowest BCUT2D eigenvalue weighted by molar-refractivity contribution is 0.571. The highest BCUT2D eigenvalue weighted by Crippen LogP contribution is 2.25. The molecule has 3 nitrogen and oxygen atoms in total. The second-order valence-corrected chi connectivity index (χ2v) is 5.33. The van der Waals surface area contributed by atoms with Crippen LogP contribution in [0.15, 0.2) is 34.9 Å². The molecule has 1 heterocycles. The minimum Gasteiger partial charge on any atom is -0.305 e. The van der Waals surface area contributed by atoms with Crippen LogP contribution in [0.1, 0.15) is 30.6 Å².